The van der Waals surface area contributed by atoms with E-state index in [9.17, 15) is 9.18 Å². The summed E-state index contributed by atoms with van der Waals surface area (Å²) >= 11 is 0. The molecule has 1 amide bonds. The second-order valence-corrected chi connectivity index (χ2v) is 7.39. The van der Waals surface area contributed by atoms with E-state index in [2.05, 4.69) is 20.5 Å². The van der Waals surface area contributed by atoms with E-state index in [-0.39, 0.29) is 11.7 Å². The molecule has 2 N–H and O–H groups in total. The Kier molecular flexibility index (Phi) is 6.17. The number of benzene rings is 2. The molecule has 4 rings (SSSR count). The number of aromatic nitrogens is 3. The molecule has 2 heterocycles. The van der Waals surface area contributed by atoms with Crippen molar-refractivity contribution in [3.05, 3.63) is 95.7 Å². The first-order chi connectivity index (χ1) is 15.1. The number of hydrogen-bond donors (Lipinski definition) is 2. The molecule has 2 aromatic carbocycles. The molecule has 0 spiro atoms. The summed E-state index contributed by atoms with van der Waals surface area (Å²) in [7, 11) is 0. The van der Waals surface area contributed by atoms with Crippen LogP contribution in [0.25, 0.3) is 22.4 Å². The smallest absolute Gasteiger partial charge is 0.251 e. The second kappa shape index (κ2) is 9.34. The molecule has 5 nitrogen and oxygen atoms in total. The predicted molar refractivity (Wildman–Crippen MR) is 119 cm³/mol. The van der Waals surface area contributed by atoms with Crippen molar-refractivity contribution < 1.29 is 9.18 Å². The number of rotatable bonds is 7. The van der Waals surface area contributed by atoms with Crippen LogP contribution in [-0.4, -0.2) is 27.6 Å². The lowest BCUT2D eigenvalue weighted by molar-refractivity contribution is 0.0953. The van der Waals surface area contributed by atoms with Crippen molar-refractivity contribution in [3.8, 4) is 22.4 Å². The number of nitrogens with one attached hydrogen (secondary N) is 2. The summed E-state index contributed by atoms with van der Waals surface area (Å²) < 4.78 is 13.4. The largest absolute Gasteiger partial charge is 0.352 e. The van der Waals surface area contributed by atoms with E-state index < -0.39 is 0 Å². The monoisotopic (exact) mass is 414 g/mol. The van der Waals surface area contributed by atoms with Crippen LogP contribution in [0, 0.1) is 12.7 Å². The lowest BCUT2D eigenvalue weighted by Gasteiger charge is -2.08. The van der Waals surface area contributed by atoms with Crippen molar-refractivity contribution in [2.45, 2.75) is 19.8 Å². The van der Waals surface area contributed by atoms with Crippen LogP contribution in [0.4, 0.5) is 4.39 Å². The van der Waals surface area contributed by atoms with Gasteiger partial charge in [-0.1, -0.05) is 17.7 Å². The van der Waals surface area contributed by atoms with Crippen LogP contribution in [0.3, 0.4) is 0 Å². The lowest BCUT2D eigenvalue weighted by Crippen LogP contribution is -2.24. The summed E-state index contributed by atoms with van der Waals surface area (Å²) in [5.74, 6) is -0.361. The Morgan fingerprint density at radius 3 is 2.39 bits per heavy atom. The van der Waals surface area contributed by atoms with E-state index in [1.807, 2.05) is 43.3 Å². The highest BCUT2D eigenvalue weighted by Gasteiger charge is 2.17. The molecule has 31 heavy (non-hydrogen) atoms. The Hall–Kier alpha value is -3.80. The van der Waals surface area contributed by atoms with Crippen molar-refractivity contribution in [1.82, 2.24) is 20.5 Å². The molecular formula is C25H23FN4O. The topological polar surface area (TPSA) is 70.7 Å². The highest BCUT2D eigenvalue weighted by atomic mass is 19.1. The van der Waals surface area contributed by atoms with Gasteiger partial charge in [-0.25, -0.2) is 4.39 Å². The maximum Gasteiger partial charge on any atom is 0.251 e. The van der Waals surface area contributed by atoms with Gasteiger partial charge in [-0.2, -0.15) is 5.10 Å². The van der Waals surface area contributed by atoms with E-state index in [4.69, 9.17) is 0 Å². The van der Waals surface area contributed by atoms with E-state index >= 15 is 0 Å². The molecule has 4 aromatic rings. The Morgan fingerprint density at radius 1 is 0.968 bits per heavy atom. The van der Waals surface area contributed by atoms with Crippen LogP contribution in [-0.2, 0) is 6.42 Å². The number of hydrogen-bond acceptors (Lipinski definition) is 3. The molecule has 2 aromatic heterocycles. The van der Waals surface area contributed by atoms with Gasteiger partial charge >= 0.3 is 0 Å². The third kappa shape index (κ3) is 4.86. The van der Waals surface area contributed by atoms with E-state index in [0.717, 1.165) is 40.1 Å². The first-order valence-corrected chi connectivity index (χ1v) is 10.2. The minimum Gasteiger partial charge on any atom is -0.352 e. The number of H-pyrrole nitrogens is 1. The molecule has 0 bridgehead atoms. The van der Waals surface area contributed by atoms with Crippen LogP contribution in [0.5, 0.6) is 0 Å². The first kappa shape index (κ1) is 20.5. The average Bonchev–Trinajstić information content (AvgIpc) is 3.22. The van der Waals surface area contributed by atoms with Crippen molar-refractivity contribution >= 4 is 5.91 Å². The Balaban J connectivity index is 1.48. The molecule has 0 fully saturated rings. The van der Waals surface area contributed by atoms with Gasteiger partial charge in [0.1, 0.15) is 11.5 Å². The summed E-state index contributed by atoms with van der Waals surface area (Å²) in [6.07, 6.45) is 4.94. The fraction of sp³-hybridized carbons (Fsp3) is 0.160. The van der Waals surface area contributed by atoms with Gasteiger partial charge in [-0.05, 0) is 73.9 Å². The molecule has 0 aliphatic carbocycles. The van der Waals surface area contributed by atoms with Gasteiger partial charge < -0.3 is 5.32 Å². The van der Waals surface area contributed by atoms with Crippen LogP contribution in [0.1, 0.15) is 28.0 Å². The molecular weight excluding hydrogens is 391 g/mol. The highest BCUT2D eigenvalue weighted by molar-refractivity contribution is 5.94. The van der Waals surface area contributed by atoms with Gasteiger partial charge in [0.2, 0.25) is 0 Å². The van der Waals surface area contributed by atoms with E-state index in [0.29, 0.717) is 18.5 Å². The third-order valence-electron chi connectivity index (χ3n) is 5.13. The van der Waals surface area contributed by atoms with E-state index in [1.165, 1.54) is 12.1 Å². The number of carbonyl (C=O) groups excluding carboxylic acids is 1. The van der Waals surface area contributed by atoms with Gasteiger partial charge in [-0.3, -0.25) is 14.9 Å². The van der Waals surface area contributed by atoms with Crippen LogP contribution in [0.15, 0.2) is 73.1 Å². The molecule has 0 aliphatic heterocycles. The Labute approximate surface area is 180 Å². The summed E-state index contributed by atoms with van der Waals surface area (Å²) in [4.78, 5) is 16.4. The maximum atomic E-state index is 13.4. The molecule has 0 aliphatic rings. The quantitative estimate of drug-likeness (QED) is 0.421. The van der Waals surface area contributed by atoms with E-state index in [1.54, 1.807) is 24.5 Å². The van der Waals surface area contributed by atoms with Crippen molar-refractivity contribution in [2.75, 3.05) is 6.54 Å². The maximum absolute atomic E-state index is 13.4. The fourth-order valence-electron chi connectivity index (χ4n) is 3.48. The highest BCUT2D eigenvalue weighted by Crippen LogP contribution is 2.33. The molecule has 156 valence electrons. The number of pyridine rings is 1. The Bertz CT molecular complexity index is 1150. The predicted octanol–water partition coefficient (Wildman–Crippen LogP) is 4.95. The number of aryl methyl sites for hydroxylation is 2. The molecule has 0 saturated heterocycles. The zero-order chi connectivity index (χ0) is 21.6. The number of halogens is 1. The molecule has 0 radical (unpaired) electrons. The minimum atomic E-state index is -0.283. The molecule has 0 atom stereocenters. The number of amides is 1. The normalized spacial score (nSPS) is 10.8. The number of carbonyl (C=O) groups is 1. The van der Waals surface area contributed by atoms with Gasteiger partial charge in [0.25, 0.3) is 5.91 Å². The van der Waals surface area contributed by atoms with Crippen LogP contribution in [0.2, 0.25) is 0 Å². The first-order valence-electron chi connectivity index (χ1n) is 10.2. The molecule has 0 unspecified atom stereocenters. The summed E-state index contributed by atoms with van der Waals surface area (Å²) in [6.45, 7) is 2.54. The third-order valence-corrected chi connectivity index (χ3v) is 5.13. The summed E-state index contributed by atoms with van der Waals surface area (Å²) in [6, 6.07) is 17.7. The van der Waals surface area contributed by atoms with Crippen molar-refractivity contribution in [3.63, 3.8) is 0 Å². The minimum absolute atomic E-state index is 0.0778. The average molecular weight is 414 g/mol. The standard InChI is InChI=1S/C25H23FN4O/c1-17-4-6-20(7-5-17)25(31)28-14-2-3-22-23(18-12-15-27-16-13-18)24(30-29-22)19-8-10-21(26)11-9-19/h4-13,15-16H,2-3,14H2,1H3,(H,28,31)(H,29,30). The lowest BCUT2D eigenvalue weighted by atomic mass is 9.98. The van der Waals surface area contributed by atoms with Gasteiger partial charge in [0.15, 0.2) is 0 Å². The SMILES string of the molecule is Cc1ccc(C(=O)NCCCc2[nH]nc(-c3ccc(F)cc3)c2-c2ccncc2)cc1. The van der Waals surface area contributed by atoms with Crippen LogP contribution < -0.4 is 5.32 Å². The summed E-state index contributed by atoms with van der Waals surface area (Å²) in [5.41, 5.74) is 6.31. The zero-order valence-electron chi connectivity index (χ0n) is 17.2. The molecule has 6 heteroatoms. The fourth-order valence-corrected chi connectivity index (χ4v) is 3.48. The summed E-state index contributed by atoms with van der Waals surface area (Å²) in [5, 5.41) is 10.6. The number of aromatic amines is 1. The Morgan fingerprint density at radius 2 is 1.68 bits per heavy atom. The van der Waals surface area contributed by atoms with Crippen molar-refractivity contribution in [1.29, 1.82) is 0 Å². The zero-order valence-corrected chi connectivity index (χ0v) is 17.2. The van der Waals surface area contributed by atoms with Crippen LogP contribution >= 0.6 is 0 Å². The molecule has 0 saturated carbocycles. The van der Waals surface area contributed by atoms with Gasteiger partial charge in [0.05, 0.1) is 0 Å². The van der Waals surface area contributed by atoms with Gasteiger partial charge in [0, 0.05) is 41.3 Å². The number of nitrogens with zero attached hydrogens (tertiary/aromatic N) is 2. The van der Waals surface area contributed by atoms with Gasteiger partial charge in [-0.15, -0.1) is 0 Å². The second-order valence-electron chi connectivity index (χ2n) is 7.39. The van der Waals surface area contributed by atoms with Crippen molar-refractivity contribution in [2.24, 2.45) is 0 Å².